The van der Waals surface area contributed by atoms with Crippen molar-refractivity contribution < 1.29 is 9.59 Å². The van der Waals surface area contributed by atoms with E-state index >= 15 is 0 Å². The van der Waals surface area contributed by atoms with Crippen LogP contribution in [0, 0.1) is 11.8 Å². The number of amides is 2. The summed E-state index contributed by atoms with van der Waals surface area (Å²) in [5.74, 6) is 0.0439. The molecule has 0 aliphatic heterocycles. The summed E-state index contributed by atoms with van der Waals surface area (Å²) in [6.45, 7) is 4.36. The lowest BCUT2D eigenvalue weighted by Gasteiger charge is -2.29. The number of halogens is 1. The molecule has 1 aliphatic rings. The largest absolute Gasteiger partial charge is 0.344 e. The number of nitrogens with one attached hydrogen (secondary N) is 1. The van der Waals surface area contributed by atoms with Gasteiger partial charge in [0.05, 0.1) is 0 Å². The van der Waals surface area contributed by atoms with Gasteiger partial charge in [0.25, 0.3) is 0 Å². The van der Waals surface area contributed by atoms with Crippen molar-refractivity contribution in [2.45, 2.75) is 58.5 Å². The molecule has 4 nitrogen and oxygen atoms in total. The van der Waals surface area contributed by atoms with Gasteiger partial charge in [0.15, 0.2) is 0 Å². The van der Waals surface area contributed by atoms with Crippen molar-refractivity contribution in [2.24, 2.45) is 11.8 Å². The predicted octanol–water partition coefficient (Wildman–Crippen LogP) is 4.02. The van der Waals surface area contributed by atoms with Gasteiger partial charge in [-0.05, 0) is 30.4 Å². The minimum Gasteiger partial charge on any atom is -0.344 e. The van der Waals surface area contributed by atoms with Crippen molar-refractivity contribution in [1.29, 1.82) is 0 Å². The highest BCUT2D eigenvalue weighted by Gasteiger charge is 2.30. The van der Waals surface area contributed by atoms with Crippen LogP contribution in [0.4, 0.5) is 0 Å². The zero-order valence-corrected chi connectivity index (χ0v) is 16.2. The fourth-order valence-corrected chi connectivity index (χ4v) is 3.54. The molecule has 138 valence electrons. The molecule has 1 fully saturated rings. The lowest BCUT2D eigenvalue weighted by atomic mass is 9.88. The maximum absolute atomic E-state index is 12.9. The van der Waals surface area contributed by atoms with Gasteiger partial charge in [0, 0.05) is 24.5 Å². The fourth-order valence-electron chi connectivity index (χ4n) is 3.35. The molecule has 0 bridgehead atoms. The van der Waals surface area contributed by atoms with Crippen LogP contribution in [0.2, 0.25) is 5.02 Å². The Morgan fingerprint density at radius 2 is 1.84 bits per heavy atom. The third-order valence-corrected chi connectivity index (χ3v) is 5.32. The van der Waals surface area contributed by atoms with Crippen LogP contribution >= 0.6 is 11.6 Å². The van der Waals surface area contributed by atoms with E-state index in [0.29, 0.717) is 11.6 Å². The molecule has 1 aliphatic carbocycles. The number of hydrogen-bond donors (Lipinski definition) is 1. The normalized spacial score (nSPS) is 16.5. The first-order valence-corrected chi connectivity index (χ1v) is 9.56. The van der Waals surface area contributed by atoms with Crippen molar-refractivity contribution in [3.63, 3.8) is 0 Å². The summed E-state index contributed by atoms with van der Waals surface area (Å²) in [4.78, 5) is 27.1. The Kier molecular flexibility index (Phi) is 7.30. The SMILES string of the molecule is CC(C)C(NC(=O)C1CCCCC1)C(=O)N(C)Cc1ccccc1Cl. The van der Waals surface area contributed by atoms with Crippen LogP contribution in [0.3, 0.4) is 0 Å². The summed E-state index contributed by atoms with van der Waals surface area (Å²) in [5, 5.41) is 3.65. The highest BCUT2D eigenvalue weighted by molar-refractivity contribution is 6.31. The van der Waals surface area contributed by atoms with Crippen molar-refractivity contribution >= 4 is 23.4 Å². The average Bonchev–Trinajstić information content (AvgIpc) is 2.61. The van der Waals surface area contributed by atoms with E-state index in [1.54, 1.807) is 11.9 Å². The van der Waals surface area contributed by atoms with E-state index in [4.69, 9.17) is 11.6 Å². The molecule has 0 radical (unpaired) electrons. The molecule has 0 spiro atoms. The van der Waals surface area contributed by atoms with E-state index in [0.717, 1.165) is 31.2 Å². The van der Waals surface area contributed by atoms with Crippen LogP contribution in [0.1, 0.15) is 51.5 Å². The van der Waals surface area contributed by atoms with Gasteiger partial charge in [0.2, 0.25) is 11.8 Å². The number of benzene rings is 1. The number of hydrogen-bond acceptors (Lipinski definition) is 2. The van der Waals surface area contributed by atoms with Gasteiger partial charge in [-0.15, -0.1) is 0 Å². The Morgan fingerprint density at radius 3 is 2.44 bits per heavy atom. The topological polar surface area (TPSA) is 49.4 Å². The first-order chi connectivity index (χ1) is 11.9. The monoisotopic (exact) mass is 364 g/mol. The first kappa shape index (κ1) is 19.8. The van der Waals surface area contributed by atoms with Crippen LogP contribution in [-0.2, 0) is 16.1 Å². The maximum Gasteiger partial charge on any atom is 0.245 e. The summed E-state index contributed by atoms with van der Waals surface area (Å²) in [5.41, 5.74) is 0.904. The number of rotatable bonds is 6. The Labute approximate surface area is 155 Å². The minimum atomic E-state index is -0.498. The molecule has 1 aromatic rings. The second-order valence-corrected chi connectivity index (χ2v) is 7.76. The van der Waals surface area contributed by atoms with Crippen molar-refractivity contribution in [2.75, 3.05) is 7.05 Å². The van der Waals surface area contributed by atoms with Crippen LogP contribution in [0.5, 0.6) is 0 Å². The maximum atomic E-state index is 12.9. The van der Waals surface area contributed by atoms with Gasteiger partial charge in [-0.3, -0.25) is 9.59 Å². The molecule has 5 heteroatoms. The quantitative estimate of drug-likeness (QED) is 0.828. The van der Waals surface area contributed by atoms with Gasteiger partial charge < -0.3 is 10.2 Å². The molecule has 1 N–H and O–H groups in total. The summed E-state index contributed by atoms with van der Waals surface area (Å²) < 4.78 is 0. The molecular formula is C20H29ClN2O2. The van der Waals surface area contributed by atoms with Gasteiger partial charge in [-0.1, -0.05) is 62.9 Å². The summed E-state index contributed by atoms with van der Waals surface area (Å²) in [7, 11) is 1.76. The second kappa shape index (κ2) is 9.23. The summed E-state index contributed by atoms with van der Waals surface area (Å²) in [6, 6.07) is 7.01. The van der Waals surface area contributed by atoms with Crippen LogP contribution in [0.15, 0.2) is 24.3 Å². The number of likely N-dealkylation sites (N-methyl/N-ethyl adjacent to an activating group) is 1. The Bertz CT molecular complexity index is 597. The molecule has 1 unspecified atom stereocenters. The molecule has 2 rings (SSSR count). The van der Waals surface area contributed by atoms with Gasteiger partial charge in [-0.25, -0.2) is 0 Å². The fraction of sp³-hybridized carbons (Fsp3) is 0.600. The molecule has 25 heavy (non-hydrogen) atoms. The van der Waals surface area contributed by atoms with Crippen molar-refractivity contribution in [3.05, 3.63) is 34.9 Å². The summed E-state index contributed by atoms with van der Waals surface area (Å²) in [6.07, 6.45) is 5.27. The molecular weight excluding hydrogens is 336 g/mol. The lowest BCUT2D eigenvalue weighted by molar-refractivity contribution is -0.138. The van der Waals surface area contributed by atoms with Gasteiger partial charge >= 0.3 is 0 Å². The third kappa shape index (κ3) is 5.46. The van der Waals surface area contributed by atoms with E-state index < -0.39 is 6.04 Å². The van der Waals surface area contributed by atoms with E-state index in [-0.39, 0.29) is 23.7 Å². The second-order valence-electron chi connectivity index (χ2n) is 7.35. The Morgan fingerprint density at radius 1 is 1.20 bits per heavy atom. The highest BCUT2D eigenvalue weighted by atomic mass is 35.5. The van der Waals surface area contributed by atoms with Crippen LogP contribution in [0.25, 0.3) is 0 Å². The van der Waals surface area contributed by atoms with E-state index in [1.165, 1.54) is 6.42 Å². The molecule has 1 saturated carbocycles. The zero-order valence-electron chi connectivity index (χ0n) is 15.4. The van der Waals surface area contributed by atoms with E-state index in [2.05, 4.69) is 5.32 Å². The smallest absolute Gasteiger partial charge is 0.245 e. The molecule has 1 aromatic carbocycles. The van der Waals surface area contributed by atoms with E-state index in [9.17, 15) is 9.59 Å². The summed E-state index contributed by atoms with van der Waals surface area (Å²) >= 11 is 6.19. The van der Waals surface area contributed by atoms with Crippen molar-refractivity contribution in [3.8, 4) is 0 Å². The van der Waals surface area contributed by atoms with Gasteiger partial charge in [0.1, 0.15) is 6.04 Å². The first-order valence-electron chi connectivity index (χ1n) is 9.19. The van der Waals surface area contributed by atoms with Crippen molar-refractivity contribution in [1.82, 2.24) is 10.2 Å². The predicted molar refractivity (Wildman–Crippen MR) is 101 cm³/mol. The van der Waals surface area contributed by atoms with Crippen LogP contribution in [-0.4, -0.2) is 29.8 Å². The molecule has 2 amide bonds. The number of nitrogens with zero attached hydrogens (tertiary/aromatic N) is 1. The van der Waals surface area contributed by atoms with Crippen LogP contribution < -0.4 is 5.32 Å². The molecule has 0 aromatic heterocycles. The van der Waals surface area contributed by atoms with Gasteiger partial charge in [-0.2, -0.15) is 0 Å². The standard InChI is InChI=1S/C20H29ClN2O2/c1-14(2)18(22-19(24)15-9-5-4-6-10-15)20(25)23(3)13-16-11-7-8-12-17(16)21/h7-8,11-12,14-15,18H,4-6,9-10,13H2,1-3H3,(H,22,24). The molecule has 0 saturated heterocycles. The Balaban J connectivity index is 2.01. The molecule has 1 atom stereocenters. The zero-order chi connectivity index (χ0) is 18.4. The minimum absolute atomic E-state index is 0.0258. The van der Waals surface area contributed by atoms with E-state index in [1.807, 2.05) is 38.1 Å². The third-order valence-electron chi connectivity index (χ3n) is 4.95. The average molecular weight is 365 g/mol. The number of carbonyl (C=O) groups excluding carboxylic acids is 2. The molecule has 0 heterocycles. The highest BCUT2D eigenvalue weighted by Crippen LogP contribution is 2.24. The lowest BCUT2D eigenvalue weighted by Crippen LogP contribution is -2.51. The Hall–Kier alpha value is -1.55. The number of carbonyl (C=O) groups is 2.